The second-order valence-corrected chi connectivity index (χ2v) is 7.96. The van der Waals surface area contributed by atoms with Crippen LogP contribution in [0.1, 0.15) is 24.0 Å². The average molecular weight is 439 g/mol. The van der Waals surface area contributed by atoms with Crippen LogP contribution in [0.2, 0.25) is 0 Å². The fourth-order valence-electron chi connectivity index (χ4n) is 3.65. The van der Waals surface area contributed by atoms with Gasteiger partial charge in [-0.25, -0.2) is 0 Å². The average Bonchev–Trinajstić information content (AvgIpc) is 2.81. The lowest BCUT2D eigenvalue weighted by Gasteiger charge is -2.34. The molecule has 32 heavy (non-hydrogen) atoms. The van der Waals surface area contributed by atoms with E-state index in [9.17, 15) is 0 Å². The third kappa shape index (κ3) is 7.55. The molecule has 0 unspecified atom stereocenters. The Labute approximate surface area is 190 Å². The zero-order valence-electron chi connectivity index (χ0n) is 18.6. The standard InChI is InChI=1S/C24H34N6O2/c25-23(26)19-3-7-21(8-4-19)31-17-1-11-29-13-15-30(16-14-29)12-2-18-32-22-9-5-20(6-10-22)24(27)28/h3-10H,1-2,11-18H2,(H3,25,26)(H3,27,28). The summed E-state index contributed by atoms with van der Waals surface area (Å²) in [6.45, 7) is 7.79. The van der Waals surface area contributed by atoms with Gasteiger partial charge in [0.1, 0.15) is 23.2 Å². The van der Waals surface area contributed by atoms with E-state index in [0.717, 1.165) is 63.6 Å². The Hall–Kier alpha value is -3.10. The van der Waals surface area contributed by atoms with Crippen molar-refractivity contribution in [1.29, 1.82) is 10.8 Å². The topological polar surface area (TPSA) is 125 Å². The minimum atomic E-state index is 0.0728. The summed E-state index contributed by atoms with van der Waals surface area (Å²) < 4.78 is 11.6. The monoisotopic (exact) mass is 438 g/mol. The summed E-state index contributed by atoms with van der Waals surface area (Å²) in [7, 11) is 0. The van der Waals surface area contributed by atoms with Crippen molar-refractivity contribution in [3.8, 4) is 11.5 Å². The molecule has 0 aliphatic carbocycles. The van der Waals surface area contributed by atoms with Crippen LogP contribution >= 0.6 is 0 Å². The summed E-state index contributed by atoms with van der Waals surface area (Å²) in [6.07, 6.45) is 1.98. The summed E-state index contributed by atoms with van der Waals surface area (Å²) >= 11 is 0. The van der Waals surface area contributed by atoms with Gasteiger partial charge in [0, 0.05) is 50.4 Å². The number of ether oxygens (including phenoxy) is 2. The summed E-state index contributed by atoms with van der Waals surface area (Å²) in [5.41, 5.74) is 12.4. The van der Waals surface area contributed by atoms with Crippen LogP contribution in [0.3, 0.4) is 0 Å². The second-order valence-electron chi connectivity index (χ2n) is 7.96. The normalized spacial score (nSPS) is 14.8. The molecule has 1 aliphatic heterocycles. The molecule has 0 radical (unpaired) electrons. The van der Waals surface area contributed by atoms with E-state index >= 15 is 0 Å². The van der Waals surface area contributed by atoms with Crippen molar-refractivity contribution in [2.45, 2.75) is 12.8 Å². The molecule has 0 spiro atoms. The SMILES string of the molecule is N=C(N)c1ccc(OCCCN2CCN(CCCOc3ccc(C(=N)N)cc3)CC2)cc1. The van der Waals surface area contributed by atoms with Gasteiger partial charge in [0.2, 0.25) is 0 Å². The fourth-order valence-corrected chi connectivity index (χ4v) is 3.65. The van der Waals surface area contributed by atoms with Gasteiger partial charge >= 0.3 is 0 Å². The van der Waals surface area contributed by atoms with Gasteiger partial charge in [0.05, 0.1) is 13.2 Å². The molecule has 1 aliphatic rings. The first-order valence-corrected chi connectivity index (χ1v) is 11.1. The van der Waals surface area contributed by atoms with Gasteiger partial charge in [0.25, 0.3) is 0 Å². The summed E-state index contributed by atoms with van der Waals surface area (Å²) in [5, 5.41) is 14.8. The third-order valence-corrected chi connectivity index (χ3v) is 5.57. The number of nitrogens with one attached hydrogen (secondary N) is 2. The number of hydrogen-bond acceptors (Lipinski definition) is 6. The number of rotatable bonds is 12. The summed E-state index contributed by atoms with van der Waals surface area (Å²) in [5.74, 6) is 1.78. The van der Waals surface area contributed by atoms with E-state index in [0.29, 0.717) is 24.3 Å². The minimum Gasteiger partial charge on any atom is -0.494 e. The van der Waals surface area contributed by atoms with Crippen LogP contribution in [-0.4, -0.2) is 74.0 Å². The maximum absolute atomic E-state index is 7.41. The quantitative estimate of drug-likeness (QED) is 0.229. The van der Waals surface area contributed by atoms with E-state index in [-0.39, 0.29) is 11.7 Å². The van der Waals surface area contributed by atoms with Crippen LogP contribution in [0, 0.1) is 10.8 Å². The van der Waals surface area contributed by atoms with Crippen molar-refractivity contribution in [2.24, 2.45) is 11.5 Å². The zero-order chi connectivity index (χ0) is 22.8. The Morgan fingerprint density at radius 2 is 1.00 bits per heavy atom. The summed E-state index contributed by atoms with van der Waals surface area (Å²) in [6, 6.07) is 14.7. The molecule has 6 N–H and O–H groups in total. The van der Waals surface area contributed by atoms with Crippen LogP contribution in [0.25, 0.3) is 0 Å². The second kappa shape index (κ2) is 12.1. The van der Waals surface area contributed by atoms with Gasteiger partial charge in [0.15, 0.2) is 0 Å². The molecule has 172 valence electrons. The highest BCUT2D eigenvalue weighted by atomic mass is 16.5. The lowest BCUT2D eigenvalue weighted by molar-refractivity contribution is 0.120. The smallest absolute Gasteiger partial charge is 0.122 e. The van der Waals surface area contributed by atoms with Crippen LogP contribution in [-0.2, 0) is 0 Å². The Morgan fingerprint density at radius 1 is 0.656 bits per heavy atom. The molecule has 1 saturated heterocycles. The first-order valence-electron chi connectivity index (χ1n) is 11.1. The number of hydrogen-bond donors (Lipinski definition) is 4. The van der Waals surface area contributed by atoms with E-state index in [4.69, 9.17) is 31.8 Å². The molecular weight excluding hydrogens is 404 g/mol. The largest absolute Gasteiger partial charge is 0.494 e. The van der Waals surface area contributed by atoms with Gasteiger partial charge in [-0.15, -0.1) is 0 Å². The van der Waals surface area contributed by atoms with E-state index < -0.39 is 0 Å². The van der Waals surface area contributed by atoms with Crippen LogP contribution in [0.15, 0.2) is 48.5 Å². The van der Waals surface area contributed by atoms with Gasteiger partial charge in [-0.1, -0.05) is 0 Å². The molecule has 0 saturated carbocycles. The number of nitrogen functional groups attached to an aromatic ring is 2. The number of piperazine rings is 1. The molecule has 2 aromatic carbocycles. The van der Waals surface area contributed by atoms with Gasteiger partial charge < -0.3 is 30.7 Å². The third-order valence-electron chi connectivity index (χ3n) is 5.57. The Balaban J connectivity index is 1.23. The maximum atomic E-state index is 7.41. The molecule has 0 amide bonds. The van der Waals surface area contributed by atoms with Gasteiger partial charge in [-0.3, -0.25) is 10.8 Å². The van der Waals surface area contributed by atoms with Gasteiger partial charge in [-0.05, 0) is 61.4 Å². The van der Waals surface area contributed by atoms with Crippen molar-refractivity contribution in [2.75, 3.05) is 52.5 Å². The lowest BCUT2D eigenvalue weighted by Crippen LogP contribution is -2.47. The molecule has 8 heteroatoms. The number of benzene rings is 2. The van der Waals surface area contributed by atoms with E-state index in [1.54, 1.807) is 0 Å². The lowest BCUT2D eigenvalue weighted by atomic mass is 10.2. The molecule has 0 aromatic heterocycles. The minimum absolute atomic E-state index is 0.0728. The van der Waals surface area contributed by atoms with Crippen LogP contribution < -0.4 is 20.9 Å². The molecule has 1 heterocycles. The highest BCUT2D eigenvalue weighted by Gasteiger charge is 2.16. The molecule has 0 atom stereocenters. The number of amidine groups is 2. The van der Waals surface area contributed by atoms with E-state index in [1.807, 2.05) is 48.5 Å². The van der Waals surface area contributed by atoms with E-state index in [1.165, 1.54) is 0 Å². The molecule has 1 fully saturated rings. The predicted octanol–water partition coefficient (Wildman–Crippen LogP) is 2.11. The highest BCUT2D eigenvalue weighted by molar-refractivity contribution is 5.95. The van der Waals surface area contributed by atoms with Crippen molar-refractivity contribution in [3.05, 3.63) is 59.7 Å². The summed E-state index contributed by atoms with van der Waals surface area (Å²) in [4.78, 5) is 4.98. The molecular formula is C24H34N6O2. The first-order chi connectivity index (χ1) is 15.5. The van der Waals surface area contributed by atoms with Crippen LogP contribution in [0.5, 0.6) is 11.5 Å². The fraction of sp³-hybridized carbons (Fsp3) is 0.417. The molecule has 0 bridgehead atoms. The van der Waals surface area contributed by atoms with Crippen molar-refractivity contribution < 1.29 is 9.47 Å². The first kappa shape index (κ1) is 23.6. The van der Waals surface area contributed by atoms with Crippen molar-refractivity contribution in [1.82, 2.24) is 9.80 Å². The highest BCUT2D eigenvalue weighted by Crippen LogP contribution is 2.13. The Morgan fingerprint density at radius 3 is 1.31 bits per heavy atom. The molecule has 8 nitrogen and oxygen atoms in total. The Kier molecular flexibility index (Phi) is 8.89. The number of nitrogens with zero attached hydrogens (tertiary/aromatic N) is 2. The van der Waals surface area contributed by atoms with Crippen LogP contribution in [0.4, 0.5) is 0 Å². The zero-order valence-corrected chi connectivity index (χ0v) is 18.6. The molecule has 2 aromatic rings. The van der Waals surface area contributed by atoms with Gasteiger partial charge in [-0.2, -0.15) is 0 Å². The Bertz CT molecular complexity index is 788. The maximum Gasteiger partial charge on any atom is 0.122 e. The van der Waals surface area contributed by atoms with Crippen molar-refractivity contribution >= 4 is 11.7 Å². The van der Waals surface area contributed by atoms with Crippen molar-refractivity contribution in [3.63, 3.8) is 0 Å². The number of nitrogens with two attached hydrogens (primary N) is 2. The predicted molar refractivity (Wildman–Crippen MR) is 128 cm³/mol. The molecule has 3 rings (SSSR count). The van der Waals surface area contributed by atoms with E-state index in [2.05, 4.69) is 9.80 Å².